The topological polar surface area (TPSA) is 96.4 Å². The highest BCUT2D eigenvalue weighted by atomic mass is 19.4. The third-order valence-corrected chi connectivity index (χ3v) is 7.87. The highest BCUT2D eigenvalue weighted by Gasteiger charge is 2.26. The Morgan fingerprint density at radius 1 is 0.906 bits per heavy atom. The number of hydrogen-bond acceptors (Lipinski definition) is 7. The molecule has 1 aromatic heterocycles. The number of likely N-dealkylation sites (tertiary alicyclic amines) is 1. The Labute approximate surface area is 311 Å². The molecule has 2 aromatic rings. The molecule has 1 aromatic carbocycles. The summed E-state index contributed by atoms with van der Waals surface area (Å²) < 4.78 is 78.7. The van der Waals surface area contributed by atoms with Crippen molar-refractivity contribution >= 4 is 17.5 Å². The molecule has 0 spiro atoms. The zero-order valence-corrected chi connectivity index (χ0v) is 32.3. The summed E-state index contributed by atoms with van der Waals surface area (Å²) in [5.41, 5.74) is 3.93. The Hall–Kier alpha value is -3.30. The van der Waals surface area contributed by atoms with Crippen molar-refractivity contribution < 1.29 is 50.5 Å². The van der Waals surface area contributed by atoms with Gasteiger partial charge in [0.05, 0.1) is 19.3 Å². The second-order valence-corrected chi connectivity index (χ2v) is 12.9. The molecule has 1 aliphatic carbocycles. The van der Waals surface area contributed by atoms with E-state index in [4.69, 9.17) is 19.2 Å². The van der Waals surface area contributed by atoms with Crippen LogP contribution in [0.25, 0.3) is 11.1 Å². The van der Waals surface area contributed by atoms with Crippen LogP contribution in [0.1, 0.15) is 92.1 Å². The molecule has 3 fully saturated rings. The van der Waals surface area contributed by atoms with Gasteiger partial charge in [-0.1, -0.05) is 32.8 Å². The standard InChI is InChI=1S/C26H34N4O4.C4H10O.C4H10.2C2H3F3/c1-18-4-5-20(27-26(32)30-8-2-3-9-30)16-23(18)19-14-24(29-10-12-33-13-11-29)28-25(15-19)34-22-7-6-21(31)17-22;1-3-5-4-2;1-3-4-2;2*1-2(3,4)5/h4-5,14-16,21-22,31H,2-3,6-13,17H2,1H3,(H,27,32);3-4H2,1-2H3;3-4H2,1-2H3;2*1H3. The molecular weight excluding hydrogens is 706 g/mol. The van der Waals surface area contributed by atoms with Crippen LogP contribution in [0.2, 0.25) is 0 Å². The predicted octanol–water partition coefficient (Wildman–Crippen LogP) is 9.80. The molecule has 304 valence electrons. The smallest absolute Gasteiger partial charge is 0.386 e. The van der Waals surface area contributed by atoms with Gasteiger partial charge in [-0.25, -0.2) is 4.79 Å². The van der Waals surface area contributed by atoms with Crippen LogP contribution in [0.4, 0.5) is 42.6 Å². The summed E-state index contributed by atoms with van der Waals surface area (Å²) in [5.74, 6) is 1.43. The lowest BCUT2D eigenvalue weighted by Gasteiger charge is -2.29. The molecule has 2 amide bonds. The number of halogens is 6. The predicted molar refractivity (Wildman–Crippen MR) is 198 cm³/mol. The van der Waals surface area contributed by atoms with Crippen molar-refractivity contribution in [1.29, 1.82) is 0 Å². The van der Waals surface area contributed by atoms with Gasteiger partial charge in [-0.05, 0) is 81.3 Å². The summed E-state index contributed by atoms with van der Waals surface area (Å²) in [4.78, 5) is 21.5. The van der Waals surface area contributed by atoms with Gasteiger partial charge in [-0.2, -0.15) is 31.3 Å². The molecule has 2 unspecified atom stereocenters. The van der Waals surface area contributed by atoms with Gasteiger partial charge in [-0.3, -0.25) is 0 Å². The van der Waals surface area contributed by atoms with E-state index in [-0.39, 0.29) is 32.1 Å². The fourth-order valence-corrected chi connectivity index (χ4v) is 5.19. The summed E-state index contributed by atoms with van der Waals surface area (Å²) in [6.07, 6.45) is -1.33. The zero-order chi connectivity index (χ0) is 40.0. The summed E-state index contributed by atoms with van der Waals surface area (Å²) >= 11 is 0. The van der Waals surface area contributed by atoms with Crippen LogP contribution in [-0.2, 0) is 9.47 Å². The molecule has 9 nitrogen and oxygen atoms in total. The fourth-order valence-electron chi connectivity index (χ4n) is 5.19. The number of carbonyl (C=O) groups excluding carboxylic acids is 1. The highest BCUT2D eigenvalue weighted by molar-refractivity contribution is 5.90. The lowest BCUT2D eigenvalue weighted by Crippen LogP contribution is -2.36. The molecule has 1 saturated carbocycles. The Bertz CT molecular complexity index is 1270. The number of carbonyl (C=O) groups is 1. The van der Waals surface area contributed by atoms with E-state index in [9.17, 15) is 36.2 Å². The second kappa shape index (κ2) is 24.9. The first-order chi connectivity index (χ1) is 24.9. The summed E-state index contributed by atoms with van der Waals surface area (Å²) in [5, 5.41) is 13.0. The number of rotatable bonds is 8. The minimum Gasteiger partial charge on any atom is -0.474 e. The number of morpholine rings is 1. The van der Waals surface area contributed by atoms with Crippen molar-refractivity contribution in [2.45, 2.75) is 118 Å². The van der Waals surface area contributed by atoms with Crippen molar-refractivity contribution in [3.8, 4) is 17.0 Å². The van der Waals surface area contributed by atoms with E-state index >= 15 is 0 Å². The average molecular weight is 767 g/mol. The van der Waals surface area contributed by atoms with E-state index in [0.29, 0.717) is 25.5 Å². The molecular formula is C38H60F6N4O5. The monoisotopic (exact) mass is 766 g/mol. The van der Waals surface area contributed by atoms with Crippen LogP contribution >= 0.6 is 0 Å². The van der Waals surface area contributed by atoms with Crippen molar-refractivity contribution in [3.05, 3.63) is 35.9 Å². The Kier molecular flexibility index (Phi) is 22.4. The molecule has 0 radical (unpaired) electrons. The van der Waals surface area contributed by atoms with Crippen LogP contribution in [-0.4, -0.2) is 98.2 Å². The number of alkyl halides is 6. The second-order valence-electron chi connectivity index (χ2n) is 12.9. The van der Waals surface area contributed by atoms with Crippen LogP contribution in [0.15, 0.2) is 30.3 Å². The molecule has 3 heterocycles. The number of hydrogen-bond donors (Lipinski definition) is 2. The summed E-state index contributed by atoms with van der Waals surface area (Å²) in [6, 6.07) is 10.1. The fraction of sp³-hybridized carbons (Fsp3) is 0.684. The number of unbranched alkanes of at least 4 members (excludes halogenated alkanes) is 1. The maximum Gasteiger partial charge on any atom is 0.386 e. The number of ether oxygens (including phenoxy) is 3. The Balaban J connectivity index is 0.000000612. The number of urea groups is 1. The molecule has 0 bridgehead atoms. The molecule has 2 saturated heterocycles. The normalized spacial score (nSPS) is 18.2. The molecule has 2 atom stereocenters. The lowest BCUT2D eigenvalue weighted by atomic mass is 10.00. The molecule has 2 N–H and O–H groups in total. The van der Waals surface area contributed by atoms with Gasteiger partial charge in [0.15, 0.2) is 0 Å². The van der Waals surface area contributed by atoms with Crippen molar-refractivity contribution in [2.24, 2.45) is 0 Å². The third-order valence-electron chi connectivity index (χ3n) is 7.87. The number of aromatic nitrogens is 1. The Morgan fingerprint density at radius 2 is 1.47 bits per heavy atom. The van der Waals surface area contributed by atoms with Gasteiger partial charge >= 0.3 is 18.4 Å². The maximum absolute atomic E-state index is 12.6. The largest absolute Gasteiger partial charge is 0.474 e. The number of amides is 2. The summed E-state index contributed by atoms with van der Waals surface area (Å²) in [7, 11) is 0. The zero-order valence-electron chi connectivity index (χ0n) is 32.3. The number of pyridine rings is 1. The van der Waals surface area contributed by atoms with Gasteiger partial charge < -0.3 is 34.4 Å². The van der Waals surface area contributed by atoms with Crippen LogP contribution < -0.4 is 15.0 Å². The highest BCUT2D eigenvalue weighted by Crippen LogP contribution is 2.34. The lowest BCUT2D eigenvalue weighted by molar-refractivity contribution is -0.111. The number of anilines is 2. The van der Waals surface area contributed by atoms with Gasteiger partial charge in [0.2, 0.25) is 5.88 Å². The van der Waals surface area contributed by atoms with E-state index in [1.54, 1.807) is 0 Å². The molecule has 3 aliphatic rings. The number of aliphatic hydroxyl groups is 1. The van der Waals surface area contributed by atoms with Gasteiger partial charge in [0, 0.05) is 71.4 Å². The van der Waals surface area contributed by atoms with Crippen LogP contribution in [0.3, 0.4) is 0 Å². The van der Waals surface area contributed by atoms with E-state index in [2.05, 4.69) is 37.1 Å². The molecule has 53 heavy (non-hydrogen) atoms. The first-order valence-corrected chi connectivity index (χ1v) is 18.5. The van der Waals surface area contributed by atoms with Crippen LogP contribution in [0.5, 0.6) is 5.88 Å². The molecule has 5 rings (SSSR count). The first-order valence-electron chi connectivity index (χ1n) is 18.5. The van der Waals surface area contributed by atoms with Gasteiger partial charge in [0.1, 0.15) is 11.9 Å². The third kappa shape index (κ3) is 22.5. The van der Waals surface area contributed by atoms with Gasteiger partial charge in [0.25, 0.3) is 0 Å². The summed E-state index contributed by atoms with van der Waals surface area (Å²) in [6.45, 7) is 17.0. The number of nitrogens with one attached hydrogen (secondary N) is 1. The van der Waals surface area contributed by atoms with Crippen molar-refractivity contribution in [2.75, 3.05) is 62.8 Å². The van der Waals surface area contributed by atoms with Crippen molar-refractivity contribution in [3.63, 3.8) is 0 Å². The number of benzene rings is 1. The quantitative estimate of drug-likeness (QED) is 0.258. The van der Waals surface area contributed by atoms with E-state index < -0.39 is 12.4 Å². The van der Waals surface area contributed by atoms with Crippen molar-refractivity contribution in [1.82, 2.24) is 9.88 Å². The molecule has 2 aliphatic heterocycles. The average Bonchev–Trinajstić information content (AvgIpc) is 3.77. The first kappa shape index (κ1) is 47.7. The van der Waals surface area contributed by atoms with Crippen LogP contribution in [0, 0.1) is 6.92 Å². The molecule has 15 heteroatoms. The van der Waals surface area contributed by atoms with Gasteiger partial charge in [-0.15, -0.1) is 0 Å². The number of aliphatic hydroxyl groups excluding tert-OH is 1. The number of aryl methyl sites for hydroxylation is 1. The SMILES string of the molecule is CC(F)(F)F.CC(F)(F)F.CCCC.CCOCC.Cc1ccc(NC(=O)N2CCCC2)cc1-c1cc(OC2CCC(O)C2)nc(N2CCOCC2)c1. The minimum absolute atomic E-state index is 0.0255. The van der Waals surface area contributed by atoms with E-state index in [1.807, 2.05) is 43.0 Å². The van der Waals surface area contributed by atoms with E-state index in [1.165, 1.54) is 12.8 Å². The van der Waals surface area contributed by atoms with E-state index in [0.717, 1.165) is 93.3 Å². The Morgan fingerprint density at radius 3 is 1.94 bits per heavy atom. The minimum atomic E-state index is -4.00. The maximum atomic E-state index is 12.6. The number of nitrogens with zero attached hydrogens (tertiary/aromatic N) is 3.